The lowest BCUT2D eigenvalue weighted by Crippen LogP contribution is -2.45. The molecule has 1 saturated heterocycles. The summed E-state index contributed by atoms with van der Waals surface area (Å²) in [6.45, 7) is 7.80. The quantitative estimate of drug-likeness (QED) is 0.904. The number of nitrogens with zero attached hydrogens (tertiary/aromatic N) is 2. The van der Waals surface area contributed by atoms with Crippen molar-refractivity contribution >= 4 is 0 Å². The van der Waals surface area contributed by atoms with Crippen LogP contribution in [0, 0.1) is 13.8 Å². The van der Waals surface area contributed by atoms with Gasteiger partial charge in [-0.15, -0.1) is 0 Å². The molecule has 0 bridgehead atoms. The minimum absolute atomic E-state index is 0.146. The van der Waals surface area contributed by atoms with Gasteiger partial charge in [0, 0.05) is 18.6 Å². The van der Waals surface area contributed by atoms with Gasteiger partial charge in [-0.1, -0.05) is 29.3 Å². The summed E-state index contributed by atoms with van der Waals surface area (Å²) < 4.78 is 0. The van der Waals surface area contributed by atoms with Crippen molar-refractivity contribution in [1.82, 2.24) is 9.80 Å². The molecule has 2 N–H and O–H groups in total. The number of piperidine rings is 1. The molecular formula is C18H31N3. The van der Waals surface area contributed by atoms with Gasteiger partial charge in [0.1, 0.15) is 0 Å². The molecule has 118 valence electrons. The SMILES string of the molecule is Cc1cc(C)cc(C(N)CCN(C)C2CCCN(C)C2)c1. The smallest absolute Gasteiger partial charge is 0.0307 e. The molecule has 1 heterocycles. The van der Waals surface area contributed by atoms with E-state index >= 15 is 0 Å². The molecule has 0 amide bonds. The van der Waals surface area contributed by atoms with Crippen molar-refractivity contribution in [3.63, 3.8) is 0 Å². The van der Waals surface area contributed by atoms with Crippen LogP contribution in [0.15, 0.2) is 18.2 Å². The second-order valence-electron chi connectivity index (χ2n) is 6.86. The normalized spacial score (nSPS) is 21.7. The molecule has 3 nitrogen and oxygen atoms in total. The highest BCUT2D eigenvalue weighted by Gasteiger charge is 2.21. The average molecular weight is 289 g/mol. The van der Waals surface area contributed by atoms with E-state index in [1.165, 1.54) is 42.6 Å². The van der Waals surface area contributed by atoms with Crippen LogP contribution in [-0.2, 0) is 0 Å². The zero-order valence-corrected chi connectivity index (χ0v) is 14.1. The molecule has 3 heteroatoms. The summed E-state index contributed by atoms with van der Waals surface area (Å²) in [4.78, 5) is 4.94. The van der Waals surface area contributed by atoms with Crippen LogP contribution < -0.4 is 5.73 Å². The lowest BCUT2D eigenvalue weighted by atomic mass is 9.99. The van der Waals surface area contributed by atoms with Crippen LogP contribution in [-0.4, -0.2) is 49.6 Å². The molecule has 2 atom stereocenters. The number of rotatable bonds is 5. The van der Waals surface area contributed by atoms with Crippen molar-refractivity contribution in [2.24, 2.45) is 5.73 Å². The second-order valence-corrected chi connectivity index (χ2v) is 6.86. The van der Waals surface area contributed by atoms with Gasteiger partial charge in [0.2, 0.25) is 0 Å². The lowest BCUT2D eigenvalue weighted by molar-refractivity contribution is 0.132. The van der Waals surface area contributed by atoms with Gasteiger partial charge in [-0.05, 0) is 65.9 Å². The lowest BCUT2D eigenvalue weighted by Gasteiger charge is -2.36. The topological polar surface area (TPSA) is 32.5 Å². The van der Waals surface area contributed by atoms with E-state index in [-0.39, 0.29) is 6.04 Å². The van der Waals surface area contributed by atoms with E-state index < -0.39 is 0 Å². The minimum Gasteiger partial charge on any atom is -0.324 e. The highest BCUT2D eigenvalue weighted by molar-refractivity contribution is 5.30. The molecule has 1 fully saturated rings. The summed E-state index contributed by atoms with van der Waals surface area (Å²) in [6.07, 6.45) is 3.66. The molecule has 1 aliphatic heterocycles. The van der Waals surface area contributed by atoms with E-state index in [0.717, 1.165) is 13.0 Å². The molecule has 1 aliphatic rings. The van der Waals surface area contributed by atoms with Gasteiger partial charge in [0.25, 0.3) is 0 Å². The van der Waals surface area contributed by atoms with Crippen LogP contribution in [0.1, 0.15) is 42.0 Å². The Balaban J connectivity index is 1.86. The first-order valence-corrected chi connectivity index (χ1v) is 8.18. The highest BCUT2D eigenvalue weighted by atomic mass is 15.2. The molecule has 0 saturated carbocycles. The number of aryl methyl sites for hydroxylation is 2. The minimum atomic E-state index is 0.146. The molecule has 0 radical (unpaired) electrons. The second kappa shape index (κ2) is 7.39. The number of nitrogens with two attached hydrogens (primary N) is 1. The maximum atomic E-state index is 6.40. The Labute approximate surface area is 130 Å². The van der Waals surface area contributed by atoms with E-state index in [4.69, 9.17) is 5.73 Å². The zero-order valence-electron chi connectivity index (χ0n) is 14.1. The molecule has 0 aromatic heterocycles. The average Bonchev–Trinajstić information content (AvgIpc) is 2.43. The van der Waals surface area contributed by atoms with Crippen molar-refractivity contribution < 1.29 is 0 Å². The largest absolute Gasteiger partial charge is 0.324 e. The van der Waals surface area contributed by atoms with Crippen molar-refractivity contribution in [3.8, 4) is 0 Å². The fourth-order valence-corrected chi connectivity index (χ4v) is 3.41. The molecule has 0 aliphatic carbocycles. The van der Waals surface area contributed by atoms with E-state index in [1.807, 2.05) is 0 Å². The van der Waals surface area contributed by atoms with Gasteiger partial charge in [-0.2, -0.15) is 0 Å². The molecule has 1 aromatic rings. The molecule has 2 unspecified atom stereocenters. The van der Waals surface area contributed by atoms with Crippen LogP contribution in [0.2, 0.25) is 0 Å². The van der Waals surface area contributed by atoms with Crippen LogP contribution in [0.3, 0.4) is 0 Å². The monoisotopic (exact) mass is 289 g/mol. The van der Waals surface area contributed by atoms with Gasteiger partial charge < -0.3 is 15.5 Å². The Hall–Kier alpha value is -0.900. The first-order chi connectivity index (χ1) is 9.95. The third-order valence-corrected chi connectivity index (χ3v) is 4.69. The summed E-state index contributed by atoms with van der Waals surface area (Å²) in [5.74, 6) is 0. The molecule has 1 aromatic carbocycles. The fourth-order valence-electron chi connectivity index (χ4n) is 3.41. The fraction of sp³-hybridized carbons (Fsp3) is 0.667. The predicted octanol–water partition coefficient (Wildman–Crippen LogP) is 2.72. The van der Waals surface area contributed by atoms with Gasteiger partial charge in [-0.25, -0.2) is 0 Å². The van der Waals surface area contributed by atoms with Crippen molar-refractivity contribution in [1.29, 1.82) is 0 Å². The Morgan fingerprint density at radius 2 is 1.95 bits per heavy atom. The Morgan fingerprint density at radius 3 is 2.57 bits per heavy atom. The summed E-state index contributed by atoms with van der Waals surface area (Å²) in [5.41, 5.74) is 10.3. The van der Waals surface area contributed by atoms with Gasteiger partial charge in [0.15, 0.2) is 0 Å². The van der Waals surface area contributed by atoms with Crippen molar-refractivity contribution in [2.45, 2.75) is 45.2 Å². The van der Waals surface area contributed by atoms with Crippen LogP contribution in [0.25, 0.3) is 0 Å². The van der Waals surface area contributed by atoms with Crippen molar-refractivity contribution in [2.75, 3.05) is 33.7 Å². The van der Waals surface area contributed by atoms with E-state index in [1.54, 1.807) is 0 Å². The molecule has 0 spiro atoms. The maximum Gasteiger partial charge on any atom is 0.0307 e. The highest BCUT2D eigenvalue weighted by Crippen LogP contribution is 2.20. The van der Waals surface area contributed by atoms with Crippen LogP contribution >= 0.6 is 0 Å². The molecule has 2 rings (SSSR count). The van der Waals surface area contributed by atoms with Crippen molar-refractivity contribution in [3.05, 3.63) is 34.9 Å². The summed E-state index contributed by atoms with van der Waals surface area (Å²) >= 11 is 0. The Bertz CT molecular complexity index is 438. The Kier molecular flexibility index (Phi) is 5.80. The van der Waals surface area contributed by atoms with Gasteiger partial charge in [-0.3, -0.25) is 0 Å². The van der Waals surface area contributed by atoms with Gasteiger partial charge >= 0.3 is 0 Å². The first kappa shape index (κ1) is 16.5. The predicted molar refractivity (Wildman–Crippen MR) is 90.6 cm³/mol. The number of hydrogen-bond acceptors (Lipinski definition) is 3. The summed E-state index contributed by atoms with van der Waals surface area (Å²) in [7, 11) is 4.47. The third-order valence-electron chi connectivity index (χ3n) is 4.69. The van der Waals surface area contributed by atoms with Crippen LogP contribution in [0.5, 0.6) is 0 Å². The summed E-state index contributed by atoms with van der Waals surface area (Å²) in [6, 6.07) is 7.50. The van der Waals surface area contributed by atoms with E-state index in [9.17, 15) is 0 Å². The summed E-state index contributed by atoms with van der Waals surface area (Å²) in [5, 5.41) is 0. The third kappa shape index (κ3) is 4.80. The maximum absolute atomic E-state index is 6.40. The zero-order chi connectivity index (χ0) is 15.4. The number of hydrogen-bond donors (Lipinski definition) is 1. The van der Waals surface area contributed by atoms with Crippen LogP contribution in [0.4, 0.5) is 0 Å². The number of likely N-dealkylation sites (tertiary alicyclic amines) is 1. The van der Waals surface area contributed by atoms with E-state index in [2.05, 4.69) is 55.9 Å². The molecule has 21 heavy (non-hydrogen) atoms. The number of likely N-dealkylation sites (N-methyl/N-ethyl adjacent to an activating group) is 2. The molecular weight excluding hydrogens is 258 g/mol. The number of benzene rings is 1. The van der Waals surface area contributed by atoms with Gasteiger partial charge in [0.05, 0.1) is 0 Å². The first-order valence-electron chi connectivity index (χ1n) is 8.18. The van der Waals surface area contributed by atoms with E-state index in [0.29, 0.717) is 6.04 Å². The Morgan fingerprint density at radius 1 is 1.29 bits per heavy atom. The standard InChI is InChI=1S/C18H31N3/c1-14-10-15(2)12-16(11-14)18(19)7-9-21(4)17-6-5-8-20(3)13-17/h10-12,17-18H,5-9,13,19H2,1-4H3.